The molecule has 4 rings (SSSR count). The molecule has 4 nitrogen and oxygen atoms in total. The van der Waals surface area contributed by atoms with Gasteiger partial charge in [0.15, 0.2) is 0 Å². The fourth-order valence-corrected chi connectivity index (χ4v) is 4.52. The minimum atomic E-state index is 0.198. The maximum atomic E-state index is 13.3. The topological polar surface area (TPSA) is 28.5 Å². The van der Waals surface area contributed by atoms with Gasteiger partial charge in [-0.05, 0) is 57.9 Å². The molecule has 0 radical (unpaired) electrons. The van der Waals surface area contributed by atoms with Gasteiger partial charge in [0, 0.05) is 42.8 Å². The number of carbonyl (C=O) groups excluding carboxylic acids is 1. The van der Waals surface area contributed by atoms with Crippen LogP contribution in [0.5, 0.6) is 0 Å². The third-order valence-corrected chi connectivity index (χ3v) is 5.77. The van der Waals surface area contributed by atoms with Gasteiger partial charge in [-0.2, -0.15) is 0 Å². The van der Waals surface area contributed by atoms with E-state index in [2.05, 4.69) is 46.4 Å². The first-order chi connectivity index (χ1) is 12.1. The summed E-state index contributed by atoms with van der Waals surface area (Å²) in [5.74, 6) is 0.198. The molecule has 0 aliphatic carbocycles. The van der Waals surface area contributed by atoms with Crippen molar-refractivity contribution in [3.8, 4) is 5.69 Å². The lowest BCUT2D eigenvalue weighted by molar-refractivity contribution is 0.0742. The van der Waals surface area contributed by atoms with Crippen LogP contribution in [-0.2, 0) is 0 Å². The molecule has 2 saturated heterocycles. The van der Waals surface area contributed by atoms with Gasteiger partial charge >= 0.3 is 0 Å². The first-order valence-corrected chi connectivity index (χ1v) is 9.43. The van der Waals surface area contributed by atoms with E-state index >= 15 is 0 Å². The second-order valence-corrected chi connectivity index (χ2v) is 7.39. The second kappa shape index (κ2) is 6.68. The van der Waals surface area contributed by atoms with E-state index in [4.69, 9.17) is 0 Å². The van der Waals surface area contributed by atoms with Crippen LogP contribution in [0.1, 0.15) is 41.0 Å². The summed E-state index contributed by atoms with van der Waals surface area (Å²) in [7, 11) is 0. The summed E-state index contributed by atoms with van der Waals surface area (Å²) in [6, 6.07) is 12.9. The lowest BCUT2D eigenvalue weighted by Crippen LogP contribution is -2.39. The molecule has 1 aromatic heterocycles. The van der Waals surface area contributed by atoms with E-state index in [1.165, 1.54) is 19.4 Å². The van der Waals surface area contributed by atoms with Crippen LogP contribution < -0.4 is 0 Å². The van der Waals surface area contributed by atoms with Gasteiger partial charge in [-0.3, -0.25) is 9.69 Å². The van der Waals surface area contributed by atoms with E-state index in [0.29, 0.717) is 6.04 Å². The molecule has 2 fully saturated rings. The number of fused-ring (bicyclic) bond motifs is 1. The normalized spacial score (nSPS) is 21.2. The predicted molar refractivity (Wildman–Crippen MR) is 100 cm³/mol. The number of aryl methyl sites for hydroxylation is 1. The molecule has 0 saturated carbocycles. The van der Waals surface area contributed by atoms with Crippen LogP contribution in [0.25, 0.3) is 5.69 Å². The number of para-hydroxylation sites is 1. The monoisotopic (exact) mass is 337 g/mol. The molecule has 2 aromatic rings. The van der Waals surface area contributed by atoms with Crippen molar-refractivity contribution in [1.82, 2.24) is 14.4 Å². The zero-order chi connectivity index (χ0) is 17.4. The molecule has 2 aliphatic rings. The zero-order valence-corrected chi connectivity index (χ0v) is 15.2. The fraction of sp³-hybridized carbons (Fsp3) is 0.476. The summed E-state index contributed by atoms with van der Waals surface area (Å²) >= 11 is 0. The van der Waals surface area contributed by atoms with Crippen molar-refractivity contribution in [2.75, 3.05) is 26.2 Å². The Morgan fingerprint density at radius 3 is 2.60 bits per heavy atom. The SMILES string of the molecule is Cc1cc(C(=O)N2CCCN3CCCC3C2)c(C)n1-c1ccccc1. The van der Waals surface area contributed by atoms with Gasteiger partial charge in [0.1, 0.15) is 0 Å². The quantitative estimate of drug-likeness (QED) is 0.840. The Hall–Kier alpha value is -2.07. The number of amides is 1. The van der Waals surface area contributed by atoms with Crippen LogP contribution >= 0.6 is 0 Å². The summed E-state index contributed by atoms with van der Waals surface area (Å²) in [5, 5.41) is 0. The number of hydrogen-bond donors (Lipinski definition) is 0. The van der Waals surface area contributed by atoms with Gasteiger partial charge in [-0.15, -0.1) is 0 Å². The first kappa shape index (κ1) is 16.4. The van der Waals surface area contributed by atoms with Gasteiger partial charge in [-0.25, -0.2) is 0 Å². The zero-order valence-electron chi connectivity index (χ0n) is 15.2. The van der Waals surface area contributed by atoms with E-state index in [9.17, 15) is 4.79 Å². The Morgan fingerprint density at radius 2 is 1.80 bits per heavy atom. The molecular weight excluding hydrogens is 310 g/mol. The molecule has 0 spiro atoms. The molecule has 0 bridgehead atoms. The van der Waals surface area contributed by atoms with Gasteiger partial charge in [0.2, 0.25) is 0 Å². The highest BCUT2D eigenvalue weighted by Crippen LogP contribution is 2.25. The first-order valence-electron chi connectivity index (χ1n) is 9.43. The van der Waals surface area contributed by atoms with Crippen LogP contribution in [0.4, 0.5) is 0 Å². The van der Waals surface area contributed by atoms with E-state index in [1.807, 2.05) is 18.2 Å². The highest BCUT2D eigenvalue weighted by atomic mass is 16.2. The molecule has 1 unspecified atom stereocenters. The highest BCUT2D eigenvalue weighted by Gasteiger charge is 2.31. The smallest absolute Gasteiger partial charge is 0.255 e. The lowest BCUT2D eigenvalue weighted by atomic mass is 10.1. The van der Waals surface area contributed by atoms with Crippen LogP contribution in [0.15, 0.2) is 36.4 Å². The number of hydrogen-bond acceptors (Lipinski definition) is 2. The largest absolute Gasteiger partial charge is 0.337 e. The maximum absolute atomic E-state index is 13.3. The van der Waals surface area contributed by atoms with E-state index in [0.717, 1.165) is 48.7 Å². The summed E-state index contributed by atoms with van der Waals surface area (Å²) in [5.41, 5.74) is 4.13. The predicted octanol–water partition coefficient (Wildman–Crippen LogP) is 3.40. The fourth-order valence-electron chi connectivity index (χ4n) is 4.52. The van der Waals surface area contributed by atoms with Gasteiger partial charge in [0.05, 0.1) is 5.56 Å². The molecule has 4 heteroatoms. The van der Waals surface area contributed by atoms with Gasteiger partial charge < -0.3 is 9.47 Å². The lowest BCUT2D eigenvalue weighted by Gasteiger charge is -2.25. The third-order valence-electron chi connectivity index (χ3n) is 5.77. The van der Waals surface area contributed by atoms with Crippen molar-refractivity contribution in [3.63, 3.8) is 0 Å². The van der Waals surface area contributed by atoms with E-state index in [-0.39, 0.29) is 5.91 Å². The van der Waals surface area contributed by atoms with Crippen molar-refractivity contribution in [2.24, 2.45) is 0 Å². The number of benzene rings is 1. The summed E-state index contributed by atoms with van der Waals surface area (Å²) < 4.78 is 2.19. The van der Waals surface area contributed by atoms with E-state index < -0.39 is 0 Å². The minimum absolute atomic E-state index is 0.198. The van der Waals surface area contributed by atoms with Crippen molar-refractivity contribution >= 4 is 5.91 Å². The molecule has 1 atom stereocenters. The van der Waals surface area contributed by atoms with E-state index in [1.54, 1.807) is 0 Å². The Bertz CT molecular complexity index is 765. The van der Waals surface area contributed by atoms with Crippen LogP contribution in [0.2, 0.25) is 0 Å². The van der Waals surface area contributed by atoms with Crippen molar-refractivity contribution in [1.29, 1.82) is 0 Å². The molecular formula is C21H27N3O. The molecule has 2 aliphatic heterocycles. The summed E-state index contributed by atoms with van der Waals surface area (Å²) in [6.45, 7) is 8.24. The molecule has 132 valence electrons. The number of carbonyl (C=O) groups is 1. The van der Waals surface area contributed by atoms with Crippen molar-refractivity contribution in [3.05, 3.63) is 53.3 Å². The van der Waals surface area contributed by atoms with Crippen molar-refractivity contribution in [2.45, 2.75) is 39.2 Å². The van der Waals surface area contributed by atoms with Crippen LogP contribution in [0.3, 0.4) is 0 Å². The standard InChI is InChI=1S/C21H27N3O/c1-16-14-20(17(2)24(16)18-8-4-3-5-9-18)21(25)23-13-7-12-22-11-6-10-19(22)15-23/h3-5,8-9,14,19H,6-7,10-13,15H2,1-2H3. The van der Waals surface area contributed by atoms with Crippen LogP contribution in [-0.4, -0.2) is 52.5 Å². The average Bonchev–Trinajstić information content (AvgIpc) is 3.11. The molecule has 1 aromatic carbocycles. The number of nitrogens with zero attached hydrogens (tertiary/aromatic N) is 3. The number of aromatic nitrogens is 1. The minimum Gasteiger partial charge on any atom is -0.337 e. The number of rotatable bonds is 2. The molecule has 0 N–H and O–H groups in total. The van der Waals surface area contributed by atoms with Crippen LogP contribution in [0, 0.1) is 13.8 Å². The molecule has 1 amide bonds. The Kier molecular flexibility index (Phi) is 4.38. The highest BCUT2D eigenvalue weighted by molar-refractivity contribution is 5.96. The average molecular weight is 337 g/mol. The van der Waals surface area contributed by atoms with Gasteiger partial charge in [0.25, 0.3) is 5.91 Å². The Labute approximate surface area is 150 Å². The third kappa shape index (κ3) is 2.99. The summed E-state index contributed by atoms with van der Waals surface area (Å²) in [6.07, 6.45) is 3.59. The Balaban J connectivity index is 1.62. The second-order valence-electron chi connectivity index (χ2n) is 7.39. The molecule has 3 heterocycles. The van der Waals surface area contributed by atoms with Crippen molar-refractivity contribution < 1.29 is 4.79 Å². The van der Waals surface area contributed by atoms with Gasteiger partial charge in [-0.1, -0.05) is 18.2 Å². The summed E-state index contributed by atoms with van der Waals surface area (Å²) in [4.78, 5) is 17.9. The molecule has 25 heavy (non-hydrogen) atoms. The Morgan fingerprint density at radius 1 is 1.04 bits per heavy atom. The maximum Gasteiger partial charge on any atom is 0.255 e.